The monoisotopic (exact) mass is 297 g/mol. The van der Waals surface area contributed by atoms with Gasteiger partial charge in [-0.1, -0.05) is 6.07 Å². The van der Waals surface area contributed by atoms with Crippen LogP contribution in [0.3, 0.4) is 0 Å². The molecule has 1 aromatic rings. The van der Waals surface area contributed by atoms with Gasteiger partial charge in [0, 0.05) is 31.1 Å². The van der Waals surface area contributed by atoms with Gasteiger partial charge < -0.3 is 15.4 Å². The summed E-state index contributed by atoms with van der Waals surface area (Å²) in [7, 11) is 0. The Labute approximate surface area is 124 Å². The van der Waals surface area contributed by atoms with Crippen molar-refractivity contribution in [2.45, 2.75) is 12.8 Å². The van der Waals surface area contributed by atoms with Crippen molar-refractivity contribution in [1.82, 2.24) is 15.5 Å². The summed E-state index contributed by atoms with van der Waals surface area (Å²) in [6, 6.07) is 4.06. The lowest BCUT2D eigenvalue weighted by atomic mass is 10.3. The number of amides is 2. The van der Waals surface area contributed by atoms with Gasteiger partial charge in [-0.15, -0.1) is 11.3 Å². The summed E-state index contributed by atoms with van der Waals surface area (Å²) >= 11 is 1.72. The minimum atomic E-state index is -0.0662. The SMILES string of the molecule is O=C(NCCCN1CCOCC1)NCCc1cccs1. The lowest BCUT2D eigenvalue weighted by Crippen LogP contribution is -2.40. The summed E-state index contributed by atoms with van der Waals surface area (Å²) in [6.07, 6.45) is 1.89. The average molecular weight is 297 g/mol. The van der Waals surface area contributed by atoms with Gasteiger partial charge in [0.2, 0.25) is 0 Å². The molecule has 0 saturated carbocycles. The van der Waals surface area contributed by atoms with Gasteiger partial charge in [-0.05, 0) is 30.8 Å². The summed E-state index contributed by atoms with van der Waals surface area (Å²) in [5.41, 5.74) is 0. The number of ether oxygens (including phenoxy) is 1. The summed E-state index contributed by atoms with van der Waals surface area (Å²) in [5.74, 6) is 0. The van der Waals surface area contributed by atoms with Gasteiger partial charge >= 0.3 is 6.03 Å². The molecule has 112 valence electrons. The standard InChI is InChI=1S/C14H23N3O2S/c18-14(16-6-4-13-3-1-12-20-13)15-5-2-7-17-8-10-19-11-9-17/h1,3,12H,2,4-11H2,(H2,15,16,18). The van der Waals surface area contributed by atoms with E-state index in [-0.39, 0.29) is 6.03 Å². The Morgan fingerprint density at radius 3 is 2.85 bits per heavy atom. The Bertz CT molecular complexity index is 378. The molecule has 0 bridgehead atoms. The van der Waals surface area contributed by atoms with E-state index < -0.39 is 0 Å². The zero-order valence-corrected chi connectivity index (χ0v) is 12.6. The molecule has 1 aromatic heterocycles. The summed E-state index contributed by atoms with van der Waals surface area (Å²) in [4.78, 5) is 15.2. The first-order chi connectivity index (χ1) is 9.84. The maximum absolute atomic E-state index is 11.6. The van der Waals surface area contributed by atoms with Gasteiger partial charge in [0.15, 0.2) is 0 Å². The topological polar surface area (TPSA) is 53.6 Å². The molecule has 0 radical (unpaired) electrons. The molecule has 1 aliphatic rings. The Morgan fingerprint density at radius 1 is 1.30 bits per heavy atom. The number of nitrogens with one attached hydrogen (secondary N) is 2. The van der Waals surface area contributed by atoms with Crippen LogP contribution in [0.2, 0.25) is 0 Å². The number of nitrogens with zero attached hydrogens (tertiary/aromatic N) is 1. The van der Waals surface area contributed by atoms with E-state index in [0.29, 0.717) is 6.54 Å². The Hall–Kier alpha value is -1.11. The highest BCUT2D eigenvalue weighted by atomic mass is 32.1. The second kappa shape index (κ2) is 8.94. The molecule has 2 heterocycles. The highest BCUT2D eigenvalue weighted by Crippen LogP contribution is 2.07. The fourth-order valence-electron chi connectivity index (χ4n) is 2.15. The van der Waals surface area contributed by atoms with Crippen LogP contribution < -0.4 is 10.6 Å². The number of carbonyl (C=O) groups excluding carboxylic acids is 1. The largest absolute Gasteiger partial charge is 0.379 e. The Morgan fingerprint density at radius 2 is 2.10 bits per heavy atom. The van der Waals surface area contributed by atoms with Crippen LogP contribution in [0.1, 0.15) is 11.3 Å². The van der Waals surface area contributed by atoms with E-state index in [9.17, 15) is 4.79 Å². The minimum Gasteiger partial charge on any atom is -0.379 e. The summed E-state index contributed by atoms with van der Waals surface area (Å²) in [5, 5.41) is 7.84. The van der Waals surface area contributed by atoms with E-state index in [1.807, 2.05) is 6.07 Å². The van der Waals surface area contributed by atoms with Crippen LogP contribution in [0.25, 0.3) is 0 Å². The summed E-state index contributed by atoms with van der Waals surface area (Å²) < 4.78 is 5.30. The molecule has 1 saturated heterocycles. The predicted molar refractivity (Wildman–Crippen MR) is 81.3 cm³/mol. The number of urea groups is 1. The van der Waals surface area contributed by atoms with Gasteiger partial charge in [-0.25, -0.2) is 4.79 Å². The average Bonchev–Trinajstić information content (AvgIpc) is 2.98. The van der Waals surface area contributed by atoms with Crippen molar-refractivity contribution in [2.75, 3.05) is 45.9 Å². The van der Waals surface area contributed by atoms with Crippen molar-refractivity contribution in [3.05, 3.63) is 22.4 Å². The lowest BCUT2D eigenvalue weighted by Gasteiger charge is -2.26. The van der Waals surface area contributed by atoms with Crippen molar-refractivity contribution < 1.29 is 9.53 Å². The summed E-state index contributed by atoms with van der Waals surface area (Å²) in [6.45, 7) is 6.12. The fourth-order valence-corrected chi connectivity index (χ4v) is 2.85. The minimum absolute atomic E-state index is 0.0662. The third-order valence-corrected chi connectivity index (χ3v) is 4.21. The maximum Gasteiger partial charge on any atom is 0.314 e. The third-order valence-electron chi connectivity index (χ3n) is 3.28. The fraction of sp³-hybridized carbons (Fsp3) is 0.643. The van der Waals surface area contributed by atoms with Crippen LogP contribution in [0.15, 0.2) is 17.5 Å². The predicted octanol–water partition coefficient (Wildman–Crippen LogP) is 1.31. The smallest absolute Gasteiger partial charge is 0.314 e. The molecular weight excluding hydrogens is 274 g/mol. The quantitative estimate of drug-likeness (QED) is 0.746. The van der Waals surface area contributed by atoms with E-state index >= 15 is 0 Å². The zero-order valence-electron chi connectivity index (χ0n) is 11.8. The van der Waals surface area contributed by atoms with Crippen molar-refractivity contribution in [2.24, 2.45) is 0 Å². The van der Waals surface area contributed by atoms with Gasteiger partial charge in [0.05, 0.1) is 13.2 Å². The first kappa shape index (κ1) is 15.3. The Balaban J connectivity index is 1.45. The van der Waals surface area contributed by atoms with Crippen molar-refractivity contribution in [3.8, 4) is 0 Å². The van der Waals surface area contributed by atoms with E-state index in [2.05, 4.69) is 27.0 Å². The highest BCUT2D eigenvalue weighted by Gasteiger charge is 2.09. The van der Waals surface area contributed by atoms with Crippen LogP contribution in [-0.2, 0) is 11.2 Å². The van der Waals surface area contributed by atoms with E-state index in [1.165, 1.54) is 4.88 Å². The van der Waals surface area contributed by atoms with E-state index in [0.717, 1.165) is 52.2 Å². The first-order valence-corrected chi connectivity index (χ1v) is 8.07. The van der Waals surface area contributed by atoms with Crippen LogP contribution in [0, 0.1) is 0 Å². The third kappa shape index (κ3) is 5.90. The molecule has 1 fully saturated rings. The maximum atomic E-state index is 11.6. The van der Waals surface area contributed by atoms with Crippen LogP contribution in [-0.4, -0.2) is 56.9 Å². The number of thiophene rings is 1. The molecular formula is C14H23N3O2S. The molecule has 20 heavy (non-hydrogen) atoms. The molecule has 2 N–H and O–H groups in total. The van der Waals surface area contributed by atoms with Crippen LogP contribution in [0.4, 0.5) is 4.79 Å². The molecule has 0 atom stereocenters. The number of hydrogen-bond acceptors (Lipinski definition) is 4. The molecule has 2 rings (SSSR count). The molecule has 2 amide bonds. The second-order valence-corrected chi connectivity index (χ2v) is 5.85. The number of morpholine rings is 1. The zero-order chi connectivity index (χ0) is 14.0. The van der Waals surface area contributed by atoms with Crippen LogP contribution >= 0.6 is 11.3 Å². The number of hydrogen-bond donors (Lipinski definition) is 2. The first-order valence-electron chi connectivity index (χ1n) is 7.19. The molecule has 1 aliphatic heterocycles. The number of rotatable bonds is 7. The van der Waals surface area contributed by atoms with Crippen molar-refractivity contribution >= 4 is 17.4 Å². The van der Waals surface area contributed by atoms with Gasteiger partial charge in [0.1, 0.15) is 0 Å². The van der Waals surface area contributed by atoms with Gasteiger partial charge in [-0.2, -0.15) is 0 Å². The molecule has 6 heteroatoms. The molecule has 0 spiro atoms. The van der Waals surface area contributed by atoms with Gasteiger partial charge in [0.25, 0.3) is 0 Å². The van der Waals surface area contributed by atoms with Gasteiger partial charge in [-0.3, -0.25) is 4.90 Å². The molecule has 5 nitrogen and oxygen atoms in total. The molecule has 0 aliphatic carbocycles. The van der Waals surface area contributed by atoms with E-state index in [1.54, 1.807) is 11.3 Å². The van der Waals surface area contributed by atoms with Crippen molar-refractivity contribution in [3.63, 3.8) is 0 Å². The van der Waals surface area contributed by atoms with Crippen LogP contribution in [0.5, 0.6) is 0 Å². The number of carbonyl (C=O) groups is 1. The second-order valence-electron chi connectivity index (χ2n) is 4.82. The lowest BCUT2D eigenvalue weighted by molar-refractivity contribution is 0.0375. The Kier molecular flexibility index (Phi) is 6.83. The molecule has 0 unspecified atom stereocenters. The highest BCUT2D eigenvalue weighted by molar-refractivity contribution is 7.09. The normalized spacial score (nSPS) is 16.0. The van der Waals surface area contributed by atoms with E-state index in [4.69, 9.17) is 4.74 Å². The molecule has 0 aromatic carbocycles. The van der Waals surface area contributed by atoms with Crippen molar-refractivity contribution in [1.29, 1.82) is 0 Å².